The average Bonchev–Trinajstić information content (AvgIpc) is 2.75. The molecule has 3 rings (SSSR count). The summed E-state index contributed by atoms with van der Waals surface area (Å²) in [6.07, 6.45) is 5.29. The smallest absolute Gasteiger partial charge is 0.307 e. The fraction of sp³-hybridized carbons (Fsp3) is 0.833. The number of nitrogens with zero attached hydrogens (tertiary/aromatic N) is 1. The summed E-state index contributed by atoms with van der Waals surface area (Å²) >= 11 is 0. The minimum Gasteiger partial charge on any atom is -0.481 e. The van der Waals surface area contributed by atoms with Crippen LogP contribution in [-0.2, 0) is 9.59 Å². The lowest BCUT2D eigenvalue weighted by molar-refractivity contribution is -0.142. The summed E-state index contributed by atoms with van der Waals surface area (Å²) in [6.45, 7) is 0.858. The monoisotopic (exact) mass is 223 g/mol. The van der Waals surface area contributed by atoms with Gasteiger partial charge in [-0.1, -0.05) is 6.42 Å². The number of aliphatic carboxylic acids is 1. The van der Waals surface area contributed by atoms with E-state index in [2.05, 4.69) is 0 Å². The molecule has 4 nitrogen and oxygen atoms in total. The lowest BCUT2D eigenvalue weighted by Gasteiger charge is -2.24. The van der Waals surface area contributed by atoms with Crippen LogP contribution in [0, 0.1) is 17.8 Å². The van der Waals surface area contributed by atoms with Crippen LogP contribution in [0.5, 0.6) is 0 Å². The standard InChI is InChI=1S/C12H17NO3/c14-11(8-6-9(8)12(15)16)13-5-4-7-2-1-3-10(7)13/h7-10H,1-6H2,(H,15,16). The third-order valence-corrected chi connectivity index (χ3v) is 4.47. The molecule has 0 radical (unpaired) electrons. The molecule has 1 heterocycles. The van der Waals surface area contributed by atoms with Crippen molar-refractivity contribution in [2.45, 2.75) is 38.1 Å². The van der Waals surface area contributed by atoms with Crippen LogP contribution in [0.1, 0.15) is 32.1 Å². The van der Waals surface area contributed by atoms with Crippen molar-refractivity contribution in [3.8, 4) is 0 Å². The second-order valence-corrected chi connectivity index (χ2v) is 5.37. The first kappa shape index (κ1) is 10.1. The summed E-state index contributed by atoms with van der Waals surface area (Å²) in [6, 6.07) is 0.433. The van der Waals surface area contributed by atoms with Crippen LogP contribution in [-0.4, -0.2) is 34.5 Å². The van der Waals surface area contributed by atoms with Gasteiger partial charge in [-0.2, -0.15) is 0 Å². The molecule has 4 unspecified atom stereocenters. The average molecular weight is 223 g/mol. The number of likely N-dealkylation sites (tertiary alicyclic amines) is 1. The molecule has 16 heavy (non-hydrogen) atoms. The van der Waals surface area contributed by atoms with Crippen LogP contribution in [0.4, 0.5) is 0 Å². The maximum Gasteiger partial charge on any atom is 0.307 e. The van der Waals surface area contributed by atoms with E-state index in [4.69, 9.17) is 5.11 Å². The molecule has 4 heteroatoms. The number of carboxylic acid groups (broad SMARTS) is 1. The van der Waals surface area contributed by atoms with Crippen LogP contribution in [0.25, 0.3) is 0 Å². The molecule has 0 aromatic heterocycles. The maximum atomic E-state index is 12.1. The Kier molecular flexibility index (Phi) is 2.19. The molecule has 0 bridgehead atoms. The zero-order valence-electron chi connectivity index (χ0n) is 9.26. The predicted molar refractivity (Wildman–Crippen MR) is 56.7 cm³/mol. The van der Waals surface area contributed by atoms with Crippen molar-refractivity contribution in [2.75, 3.05) is 6.54 Å². The Hall–Kier alpha value is -1.06. The zero-order chi connectivity index (χ0) is 11.3. The Morgan fingerprint density at radius 3 is 2.62 bits per heavy atom. The molecule has 2 aliphatic carbocycles. The number of carboxylic acids is 1. The Labute approximate surface area is 94.6 Å². The molecule has 1 amide bonds. The number of rotatable bonds is 2. The first-order valence-electron chi connectivity index (χ1n) is 6.22. The summed E-state index contributed by atoms with van der Waals surface area (Å²) in [5.74, 6) is -0.599. The topological polar surface area (TPSA) is 57.6 Å². The highest BCUT2D eigenvalue weighted by Gasteiger charge is 2.52. The van der Waals surface area contributed by atoms with E-state index < -0.39 is 11.9 Å². The van der Waals surface area contributed by atoms with Crippen molar-refractivity contribution in [3.63, 3.8) is 0 Å². The Morgan fingerprint density at radius 1 is 1.12 bits per heavy atom. The quantitative estimate of drug-likeness (QED) is 0.763. The lowest BCUT2D eigenvalue weighted by atomic mass is 10.0. The van der Waals surface area contributed by atoms with Crippen molar-refractivity contribution >= 4 is 11.9 Å². The molecule has 3 fully saturated rings. The van der Waals surface area contributed by atoms with Gasteiger partial charge in [0.1, 0.15) is 0 Å². The first-order chi connectivity index (χ1) is 7.68. The number of hydrogen-bond donors (Lipinski definition) is 1. The molecule has 1 saturated heterocycles. The highest BCUT2D eigenvalue weighted by atomic mass is 16.4. The highest BCUT2D eigenvalue weighted by Crippen LogP contribution is 2.44. The van der Waals surface area contributed by atoms with Gasteiger partial charge in [0.2, 0.25) is 5.91 Å². The SMILES string of the molecule is O=C(O)C1CC1C(=O)N1CCC2CCCC21. The third-order valence-electron chi connectivity index (χ3n) is 4.47. The number of carbonyl (C=O) groups excluding carboxylic acids is 1. The minimum atomic E-state index is -0.805. The molecule has 4 atom stereocenters. The second-order valence-electron chi connectivity index (χ2n) is 5.37. The van der Waals surface area contributed by atoms with Gasteiger partial charge in [-0.05, 0) is 31.6 Å². The van der Waals surface area contributed by atoms with Gasteiger partial charge in [-0.3, -0.25) is 9.59 Å². The van der Waals surface area contributed by atoms with Gasteiger partial charge in [0, 0.05) is 12.6 Å². The normalized spacial score (nSPS) is 40.9. The highest BCUT2D eigenvalue weighted by molar-refractivity contribution is 5.89. The number of hydrogen-bond acceptors (Lipinski definition) is 2. The van der Waals surface area contributed by atoms with E-state index in [-0.39, 0.29) is 11.8 Å². The van der Waals surface area contributed by atoms with Gasteiger partial charge in [0.15, 0.2) is 0 Å². The van der Waals surface area contributed by atoms with Gasteiger partial charge in [-0.25, -0.2) is 0 Å². The number of amides is 1. The summed E-state index contributed by atoms with van der Waals surface area (Å²) in [7, 11) is 0. The van der Waals surface area contributed by atoms with Gasteiger partial charge in [0.05, 0.1) is 11.8 Å². The van der Waals surface area contributed by atoms with E-state index in [1.54, 1.807) is 0 Å². The third kappa shape index (κ3) is 1.43. The Bertz CT molecular complexity index is 341. The van der Waals surface area contributed by atoms with Crippen molar-refractivity contribution < 1.29 is 14.7 Å². The van der Waals surface area contributed by atoms with Crippen molar-refractivity contribution in [1.29, 1.82) is 0 Å². The van der Waals surface area contributed by atoms with Crippen LogP contribution in [0.15, 0.2) is 0 Å². The molecule has 1 N–H and O–H groups in total. The first-order valence-corrected chi connectivity index (χ1v) is 6.22. The van der Waals surface area contributed by atoms with E-state index in [0.29, 0.717) is 18.4 Å². The van der Waals surface area contributed by atoms with Gasteiger partial charge < -0.3 is 10.0 Å². The Balaban J connectivity index is 1.66. The van der Waals surface area contributed by atoms with E-state index in [0.717, 1.165) is 19.4 Å². The summed E-state index contributed by atoms with van der Waals surface area (Å²) in [5, 5.41) is 8.83. The largest absolute Gasteiger partial charge is 0.481 e. The molecule has 88 valence electrons. The van der Waals surface area contributed by atoms with Crippen LogP contribution >= 0.6 is 0 Å². The molecule has 0 aromatic carbocycles. The van der Waals surface area contributed by atoms with Gasteiger partial charge in [-0.15, -0.1) is 0 Å². The van der Waals surface area contributed by atoms with Crippen molar-refractivity contribution in [3.05, 3.63) is 0 Å². The summed E-state index contributed by atoms with van der Waals surface area (Å²) < 4.78 is 0. The second kappa shape index (κ2) is 3.47. The summed E-state index contributed by atoms with van der Waals surface area (Å²) in [5.41, 5.74) is 0. The van der Waals surface area contributed by atoms with E-state index in [9.17, 15) is 9.59 Å². The molecule has 0 spiro atoms. The number of carbonyl (C=O) groups is 2. The molecular formula is C12H17NO3. The molecule has 3 aliphatic rings. The molecule has 0 aromatic rings. The summed E-state index contributed by atoms with van der Waals surface area (Å²) in [4.78, 5) is 24.9. The molecule has 2 saturated carbocycles. The fourth-order valence-electron chi connectivity index (χ4n) is 3.46. The van der Waals surface area contributed by atoms with E-state index in [1.165, 1.54) is 12.8 Å². The van der Waals surface area contributed by atoms with Crippen molar-refractivity contribution in [2.24, 2.45) is 17.8 Å². The van der Waals surface area contributed by atoms with E-state index >= 15 is 0 Å². The van der Waals surface area contributed by atoms with Crippen LogP contribution < -0.4 is 0 Å². The fourth-order valence-corrected chi connectivity index (χ4v) is 3.46. The molecular weight excluding hydrogens is 206 g/mol. The molecule has 1 aliphatic heterocycles. The van der Waals surface area contributed by atoms with Crippen LogP contribution in [0.2, 0.25) is 0 Å². The zero-order valence-corrected chi connectivity index (χ0v) is 9.26. The Morgan fingerprint density at radius 2 is 1.94 bits per heavy atom. The van der Waals surface area contributed by atoms with Gasteiger partial charge >= 0.3 is 5.97 Å². The van der Waals surface area contributed by atoms with Gasteiger partial charge in [0.25, 0.3) is 0 Å². The maximum absolute atomic E-state index is 12.1. The van der Waals surface area contributed by atoms with E-state index in [1.807, 2.05) is 4.90 Å². The predicted octanol–water partition coefficient (Wildman–Crippen LogP) is 1.11. The number of fused-ring (bicyclic) bond motifs is 1. The minimum absolute atomic E-state index is 0.113. The van der Waals surface area contributed by atoms with Crippen molar-refractivity contribution in [1.82, 2.24) is 4.90 Å². The lowest BCUT2D eigenvalue weighted by Crippen LogP contribution is -2.37. The van der Waals surface area contributed by atoms with Crippen LogP contribution in [0.3, 0.4) is 0 Å².